The number of thiol groups is 1. The second-order valence-corrected chi connectivity index (χ2v) is 3.75. The Kier molecular flexibility index (Phi) is 3.43. The third-order valence-corrected chi connectivity index (χ3v) is 2.70. The minimum atomic E-state index is 0.130. The highest BCUT2D eigenvalue weighted by Gasteiger charge is 2.05. The number of halogens is 1. The molecule has 3 heteroatoms. The van der Waals surface area contributed by atoms with Crippen molar-refractivity contribution in [2.75, 3.05) is 6.54 Å². The largest absolute Gasteiger partial charge is 0.329 e. The molecule has 0 aliphatic heterocycles. The Balaban J connectivity index is 2.93. The Morgan fingerprint density at radius 2 is 2.09 bits per heavy atom. The molecule has 0 amide bonds. The van der Waals surface area contributed by atoms with Gasteiger partial charge in [0.05, 0.1) is 0 Å². The lowest BCUT2D eigenvalue weighted by Crippen LogP contribution is -2.07. The Morgan fingerprint density at radius 1 is 1.45 bits per heavy atom. The van der Waals surface area contributed by atoms with Crippen LogP contribution in [0, 0.1) is 0 Å². The standard InChI is InChI=1S/C8H10BrNS/c9-7-4-2-1-3-6(7)8(11)5-10/h1-4,8,11H,5,10H2. The minimum absolute atomic E-state index is 0.130. The first-order valence-electron chi connectivity index (χ1n) is 3.38. The van der Waals surface area contributed by atoms with Crippen LogP contribution in [0.4, 0.5) is 0 Å². The van der Waals surface area contributed by atoms with Crippen LogP contribution in [-0.2, 0) is 0 Å². The zero-order valence-electron chi connectivity index (χ0n) is 6.00. The molecule has 0 aliphatic carbocycles. The lowest BCUT2D eigenvalue weighted by atomic mass is 10.1. The summed E-state index contributed by atoms with van der Waals surface area (Å²) in [6.07, 6.45) is 0. The molecule has 60 valence electrons. The zero-order chi connectivity index (χ0) is 8.27. The predicted molar refractivity (Wildman–Crippen MR) is 54.9 cm³/mol. The summed E-state index contributed by atoms with van der Waals surface area (Å²) >= 11 is 7.77. The maximum absolute atomic E-state index is 5.48. The van der Waals surface area contributed by atoms with Crippen LogP contribution >= 0.6 is 28.6 Å². The molecule has 1 aromatic rings. The van der Waals surface area contributed by atoms with Gasteiger partial charge in [-0.25, -0.2) is 0 Å². The quantitative estimate of drug-likeness (QED) is 0.752. The zero-order valence-corrected chi connectivity index (χ0v) is 8.48. The third kappa shape index (κ3) is 2.22. The van der Waals surface area contributed by atoms with E-state index in [1.807, 2.05) is 24.3 Å². The van der Waals surface area contributed by atoms with Crippen LogP contribution in [0.25, 0.3) is 0 Å². The van der Waals surface area contributed by atoms with E-state index in [0.29, 0.717) is 6.54 Å². The first-order chi connectivity index (χ1) is 5.25. The molecule has 1 unspecified atom stereocenters. The van der Waals surface area contributed by atoms with Crippen LogP contribution in [-0.4, -0.2) is 6.54 Å². The highest BCUT2D eigenvalue weighted by atomic mass is 79.9. The molecule has 1 nitrogen and oxygen atoms in total. The molecule has 0 aromatic heterocycles. The lowest BCUT2D eigenvalue weighted by molar-refractivity contribution is 0.944. The summed E-state index contributed by atoms with van der Waals surface area (Å²) in [5, 5.41) is 0.130. The van der Waals surface area contributed by atoms with E-state index < -0.39 is 0 Å². The smallest absolute Gasteiger partial charge is 0.0400 e. The van der Waals surface area contributed by atoms with Crippen molar-refractivity contribution in [1.82, 2.24) is 0 Å². The topological polar surface area (TPSA) is 26.0 Å². The molecule has 0 saturated carbocycles. The van der Waals surface area contributed by atoms with Crippen LogP contribution in [0.1, 0.15) is 10.8 Å². The van der Waals surface area contributed by atoms with Gasteiger partial charge >= 0.3 is 0 Å². The van der Waals surface area contributed by atoms with Gasteiger partial charge in [-0.3, -0.25) is 0 Å². The molecule has 2 N–H and O–H groups in total. The van der Waals surface area contributed by atoms with Crippen LogP contribution < -0.4 is 5.73 Å². The van der Waals surface area contributed by atoms with Gasteiger partial charge in [0.15, 0.2) is 0 Å². The molecule has 0 spiro atoms. The Hall–Kier alpha value is 0.01000. The monoisotopic (exact) mass is 231 g/mol. The van der Waals surface area contributed by atoms with Crippen molar-refractivity contribution in [2.45, 2.75) is 5.25 Å². The molecular weight excluding hydrogens is 222 g/mol. The van der Waals surface area contributed by atoms with Gasteiger partial charge in [-0.1, -0.05) is 34.1 Å². The summed E-state index contributed by atoms with van der Waals surface area (Å²) in [5.74, 6) is 0. The van der Waals surface area contributed by atoms with Crippen molar-refractivity contribution >= 4 is 28.6 Å². The Bertz CT molecular complexity index is 239. The van der Waals surface area contributed by atoms with Gasteiger partial charge in [0.25, 0.3) is 0 Å². The van der Waals surface area contributed by atoms with Gasteiger partial charge in [0, 0.05) is 16.3 Å². The van der Waals surface area contributed by atoms with E-state index >= 15 is 0 Å². The van der Waals surface area contributed by atoms with Gasteiger partial charge in [-0.2, -0.15) is 12.6 Å². The van der Waals surface area contributed by atoms with Crippen molar-refractivity contribution in [3.8, 4) is 0 Å². The van der Waals surface area contributed by atoms with E-state index in [9.17, 15) is 0 Å². The van der Waals surface area contributed by atoms with Crippen molar-refractivity contribution in [3.05, 3.63) is 34.3 Å². The van der Waals surface area contributed by atoms with Gasteiger partial charge < -0.3 is 5.73 Å². The second-order valence-electron chi connectivity index (χ2n) is 2.27. The maximum atomic E-state index is 5.48. The first kappa shape index (κ1) is 9.10. The normalized spacial score (nSPS) is 13.0. The lowest BCUT2D eigenvalue weighted by Gasteiger charge is -2.09. The molecule has 0 heterocycles. The van der Waals surface area contributed by atoms with Gasteiger partial charge in [0.1, 0.15) is 0 Å². The van der Waals surface area contributed by atoms with E-state index in [-0.39, 0.29) is 5.25 Å². The minimum Gasteiger partial charge on any atom is -0.329 e. The summed E-state index contributed by atoms with van der Waals surface area (Å²) in [5.41, 5.74) is 6.63. The van der Waals surface area contributed by atoms with Crippen LogP contribution in [0.15, 0.2) is 28.7 Å². The number of benzene rings is 1. The molecule has 0 bridgehead atoms. The molecule has 11 heavy (non-hydrogen) atoms. The van der Waals surface area contributed by atoms with E-state index in [1.165, 1.54) is 0 Å². The number of hydrogen-bond donors (Lipinski definition) is 2. The summed E-state index contributed by atoms with van der Waals surface area (Å²) in [6.45, 7) is 0.561. The number of hydrogen-bond acceptors (Lipinski definition) is 2. The fraction of sp³-hybridized carbons (Fsp3) is 0.250. The van der Waals surface area contributed by atoms with Crippen LogP contribution in [0.2, 0.25) is 0 Å². The van der Waals surface area contributed by atoms with E-state index in [4.69, 9.17) is 5.73 Å². The molecule has 1 rings (SSSR count). The summed E-state index contributed by atoms with van der Waals surface area (Å²) in [4.78, 5) is 0. The van der Waals surface area contributed by atoms with Crippen LogP contribution in [0.5, 0.6) is 0 Å². The Morgan fingerprint density at radius 3 is 2.64 bits per heavy atom. The van der Waals surface area contributed by atoms with Crippen LogP contribution in [0.3, 0.4) is 0 Å². The second kappa shape index (κ2) is 4.14. The highest BCUT2D eigenvalue weighted by Crippen LogP contribution is 2.26. The number of nitrogens with two attached hydrogens (primary N) is 1. The molecule has 0 radical (unpaired) electrons. The molecule has 1 atom stereocenters. The van der Waals surface area contributed by atoms with Gasteiger partial charge in [-0.15, -0.1) is 0 Å². The van der Waals surface area contributed by atoms with Crippen molar-refractivity contribution in [3.63, 3.8) is 0 Å². The Labute approximate surface area is 80.5 Å². The van der Waals surface area contributed by atoms with E-state index in [2.05, 4.69) is 28.6 Å². The van der Waals surface area contributed by atoms with Gasteiger partial charge in [0.2, 0.25) is 0 Å². The predicted octanol–water partition coefficient (Wildman–Crippen LogP) is 2.38. The fourth-order valence-electron chi connectivity index (χ4n) is 0.872. The summed E-state index contributed by atoms with van der Waals surface area (Å²) < 4.78 is 1.07. The van der Waals surface area contributed by atoms with Crippen molar-refractivity contribution in [2.24, 2.45) is 5.73 Å². The average molecular weight is 232 g/mol. The molecule has 0 fully saturated rings. The third-order valence-electron chi connectivity index (χ3n) is 1.49. The highest BCUT2D eigenvalue weighted by molar-refractivity contribution is 9.10. The SMILES string of the molecule is NCC(S)c1ccccc1Br. The molecular formula is C8H10BrNS. The summed E-state index contributed by atoms with van der Waals surface area (Å²) in [7, 11) is 0. The summed E-state index contributed by atoms with van der Waals surface area (Å²) in [6, 6.07) is 7.98. The molecule has 0 saturated heterocycles. The van der Waals surface area contributed by atoms with Gasteiger partial charge in [-0.05, 0) is 11.6 Å². The molecule has 0 aliphatic rings. The average Bonchev–Trinajstić information content (AvgIpc) is 2.04. The molecule has 1 aromatic carbocycles. The van der Waals surface area contributed by atoms with Crippen molar-refractivity contribution < 1.29 is 0 Å². The number of rotatable bonds is 2. The van der Waals surface area contributed by atoms with E-state index in [0.717, 1.165) is 10.0 Å². The first-order valence-corrected chi connectivity index (χ1v) is 4.69. The fourth-order valence-corrected chi connectivity index (χ4v) is 1.84. The van der Waals surface area contributed by atoms with Crippen molar-refractivity contribution in [1.29, 1.82) is 0 Å². The maximum Gasteiger partial charge on any atom is 0.0400 e. The van der Waals surface area contributed by atoms with E-state index in [1.54, 1.807) is 0 Å².